The van der Waals surface area contributed by atoms with Gasteiger partial charge in [0.25, 0.3) is 0 Å². The minimum atomic E-state index is 0.667. The van der Waals surface area contributed by atoms with E-state index in [0.29, 0.717) is 17.5 Å². The Morgan fingerprint density at radius 3 is 1.30 bits per heavy atom. The first-order valence-electron chi connectivity index (χ1n) is 9.99. The van der Waals surface area contributed by atoms with Gasteiger partial charge in [0.1, 0.15) is 0 Å². The highest BCUT2D eigenvalue weighted by Crippen LogP contribution is 2.26. The molecule has 0 fully saturated rings. The molecule has 0 aliphatic heterocycles. The van der Waals surface area contributed by atoms with Crippen molar-refractivity contribution >= 4 is 31.9 Å². The van der Waals surface area contributed by atoms with Crippen molar-refractivity contribution < 1.29 is 0 Å². The number of nitrogens with zero attached hydrogens (tertiary/aromatic N) is 3. The minimum absolute atomic E-state index is 0.667. The Bertz CT molecular complexity index is 1060. The molecule has 0 aliphatic rings. The summed E-state index contributed by atoms with van der Waals surface area (Å²) in [4.78, 5) is 14.3. The minimum Gasteiger partial charge on any atom is -0.208 e. The fourth-order valence-electron chi connectivity index (χ4n) is 3.16. The van der Waals surface area contributed by atoms with Gasteiger partial charge < -0.3 is 0 Å². The molecule has 4 aromatic rings. The number of aryl methyl sites for hydroxylation is 1. The number of unbranched alkanes of at least 4 members (excludes halogenated alkanes) is 1. The first kappa shape index (κ1) is 20.9. The lowest BCUT2D eigenvalue weighted by atomic mass is 10.1. The highest BCUT2D eigenvalue weighted by Gasteiger charge is 2.12. The Labute approximate surface area is 193 Å². The molecule has 3 nitrogen and oxygen atoms in total. The number of aromatic nitrogens is 3. The number of hydrogen-bond acceptors (Lipinski definition) is 3. The van der Waals surface area contributed by atoms with Crippen LogP contribution in [-0.2, 0) is 6.42 Å². The molecule has 150 valence electrons. The van der Waals surface area contributed by atoms with Gasteiger partial charge in [0.05, 0.1) is 0 Å². The second kappa shape index (κ2) is 9.63. The van der Waals surface area contributed by atoms with Gasteiger partial charge in [0.2, 0.25) is 0 Å². The Balaban J connectivity index is 1.78. The molecule has 0 aliphatic carbocycles. The summed E-state index contributed by atoms with van der Waals surface area (Å²) in [7, 11) is 0. The fraction of sp³-hybridized carbons (Fsp3) is 0.160. The van der Waals surface area contributed by atoms with Gasteiger partial charge in [-0.1, -0.05) is 93.7 Å². The van der Waals surface area contributed by atoms with Crippen LogP contribution < -0.4 is 0 Å². The average Bonchev–Trinajstić information content (AvgIpc) is 2.79. The van der Waals surface area contributed by atoms with Crippen molar-refractivity contribution in [3.05, 3.63) is 87.3 Å². The largest absolute Gasteiger partial charge is 0.208 e. The highest BCUT2D eigenvalue weighted by atomic mass is 79.9. The van der Waals surface area contributed by atoms with Gasteiger partial charge in [-0.2, -0.15) is 0 Å². The van der Waals surface area contributed by atoms with E-state index in [1.165, 1.54) is 18.4 Å². The smallest absolute Gasteiger partial charge is 0.164 e. The molecule has 3 aromatic carbocycles. The van der Waals surface area contributed by atoms with Crippen molar-refractivity contribution in [2.24, 2.45) is 0 Å². The van der Waals surface area contributed by atoms with Crippen molar-refractivity contribution in [2.75, 3.05) is 0 Å². The van der Waals surface area contributed by atoms with Crippen molar-refractivity contribution in [3.63, 3.8) is 0 Å². The summed E-state index contributed by atoms with van der Waals surface area (Å²) < 4.78 is 2.05. The number of rotatable bonds is 6. The van der Waals surface area contributed by atoms with E-state index in [9.17, 15) is 0 Å². The van der Waals surface area contributed by atoms with Crippen molar-refractivity contribution in [1.82, 2.24) is 15.0 Å². The second-order valence-electron chi connectivity index (χ2n) is 7.12. The third-order valence-electron chi connectivity index (χ3n) is 4.87. The van der Waals surface area contributed by atoms with Gasteiger partial charge in [-0.25, -0.2) is 15.0 Å². The molecule has 0 amide bonds. The molecule has 1 aromatic heterocycles. The first-order valence-corrected chi connectivity index (χ1v) is 11.6. The van der Waals surface area contributed by atoms with Gasteiger partial charge in [0.15, 0.2) is 17.5 Å². The summed E-state index contributed by atoms with van der Waals surface area (Å²) in [5.74, 6) is 2.02. The van der Waals surface area contributed by atoms with Crippen molar-refractivity contribution in [1.29, 1.82) is 0 Å². The van der Waals surface area contributed by atoms with Crippen LogP contribution in [0.4, 0.5) is 0 Å². The fourth-order valence-corrected chi connectivity index (χ4v) is 3.69. The summed E-state index contributed by atoms with van der Waals surface area (Å²) >= 11 is 6.99. The van der Waals surface area contributed by atoms with Gasteiger partial charge >= 0.3 is 0 Å². The lowest BCUT2D eigenvalue weighted by molar-refractivity contribution is 0.795. The van der Waals surface area contributed by atoms with Crippen LogP contribution in [0.5, 0.6) is 0 Å². The van der Waals surface area contributed by atoms with E-state index in [1.807, 2.05) is 48.5 Å². The standard InChI is InChI=1S/C25H21Br2N3/c1-2-3-4-17-5-7-18(8-6-17)23-28-24(19-9-13-21(26)14-10-19)30-25(29-23)20-11-15-22(27)16-12-20/h5-16H,2-4H2,1H3. The zero-order valence-electron chi connectivity index (χ0n) is 16.6. The summed E-state index contributed by atoms with van der Waals surface area (Å²) in [6.45, 7) is 2.21. The van der Waals surface area contributed by atoms with Crippen LogP contribution in [0.1, 0.15) is 25.3 Å². The van der Waals surface area contributed by atoms with Crippen LogP contribution in [0.15, 0.2) is 81.7 Å². The van der Waals surface area contributed by atoms with Crippen LogP contribution >= 0.6 is 31.9 Å². The van der Waals surface area contributed by atoms with E-state index in [4.69, 9.17) is 15.0 Å². The quantitative estimate of drug-likeness (QED) is 0.260. The van der Waals surface area contributed by atoms with Crippen LogP contribution in [0, 0.1) is 0 Å². The van der Waals surface area contributed by atoms with Crippen molar-refractivity contribution in [2.45, 2.75) is 26.2 Å². The van der Waals surface area contributed by atoms with Crippen LogP contribution in [-0.4, -0.2) is 15.0 Å². The molecular weight excluding hydrogens is 502 g/mol. The van der Waals surface area contributed by atoms with E-state index in [1.54, 1.807) is 0 Å². The number of hydrogen-bond donors (Lipinski definition) is 0. The second-order valence-corrected chi connectivity index (χ2v) is 8.95. The predicted molar refractivity (Wildman–Crippen MR) is 130 cm³/mol. The molecule has 0 bridgehead atoms. The first-order chi connectivity index (χ1) is 14.6. The molecule has 0 radical (unpaired) electrons. The summed E-state index contributed by atoms with van der Waals surface area (Å²) in [5, 5.41) is 0. The highest BCUT2D eigenvalue weighted by molar-refractivity contribution is 9.10. The van der Waals surface area contributed by atoms with E-state index >= 15 is 0 Å². The third kappa shape index (κ3) is 5.02. The molecule has 5 heteroatoms. The zero-order valence-corrected chi connectivity index (χ0v) is 19.8. The monoisotopic (exact) mass is 521 g/mol. The zero-order chi connectivity index (χ0) is 20.9. The number of halogens is 2. The lowest BCUT2D eigenvalue weighted by Gasteiger charge is -2.09. The molecule has 0 N–H and O–H groups in total. The third-order valence-corrected chi connectivity index (χ3v) is 5.93. The SMILES string of the molecule is CCCCc1ccc(-c2nc(-c3ccc(Br)cc3)nc(-c3ccc(Br)cc3)n2)cc1. The molecule has 30 heavy (non-hydrogen) atoms. The van der Waals surface area contributed by atoms with E-state index in [-0.39, 0.29) is 0 Å². The maximum Gasteiger partial charge on any atom is 0.164 e. The molecule has 0 saturated heterocycles. The van der Waals surface area contributed by atoms with E-state index < -0.39 is 0 Å². The number of benzene rings is 3. The lowest BCUT2D eigenvalue weighted by Crippen LogP contribution is -2.00. The average molecular weight is 523 g/mol. The normalized spacial score (nSPS) is 10.9. The Hall–Kier alpha value is -2.37. The maximum atomic E-state index is 4.79. The van der Waals surface area contributed by atoms with Gasteiger partial charge in [-0.05, 0) is 42.7 Å². The molecule has 0 saturated carbocycles. The molecule has 0 atom stereocenters. The maximum absolute atomic E-state index is 4.79. The predicted octanol–water partition coefficient (Wildman–Crippen LogP) is 7.74. The Morgan fingerprint density at radius 2 is 0.933 bits per heavy atom. The van der Waals surface area contributed by atoms with Gasteiger partial charge in [-0.3, -0.25) is 0 Å². The molecule has 0 spiro atoms. The Kier molecular flexibility index (Phi) is 6.70. The summed E-state index contributed by atoms with van der Waals surface area (Å²) in [5.41, 5.74) is 4.25. The van der Waals surface area contributed by atoms with Crippen LogP contribution in [0.3, 0.4) is 0 Å². The molecule has 4 rings (SSSR count). The summed E-state index contributed by atoms with van der Waals surface area (Å²) in [6, 6.07) is 24.6. The van der Waals surface area contributed by atoms with Gasteiger partial charge in [0, 0.05) is 25.6 Å². The van der Waals surface area contributed by atoms with Crippen LogP contribution in [0.25, 0.3) is 34.2 Å². The van der Waals surface area contributed by atoms with Gasteiger partial charge in [-0.15, -0.1) is 0 Å². The topological polar surface area (TPSA) is 38.7 Å². The van der Waals surface area contributed by atoms with Crippen molar-refractivity contribution in [3.8, 4) is 34.2 Å². The van der Waals surface area contributed by atoms with E-state index in [0.717, 1.165) is 32.1 Å². The molecule has 0 unspecified atom stereocenters. The summed E-state index contributed by atoms with van der Waals surface area (Å²) in [6.07, 6.45) is 3.50. The van der Waals surface area contributed by atoms with E-state index in [2.05, 4.69) is 63.0 Å². The molecular formula is C25H21Br2N3. The Morgan fingerprint density at radius 1 is 0.567 bits per heavy atom. The molecule has 1 heterocycles. The van der Waals surface area contributed by atoms with Crippen LogP contribution in [0.2, 0.25) is 0 Å².